The smallest absolute Gasteiger partial charge is 0.252 e. The maximum Gasteiger partial charge on any atom is 0.252 e. The highest BCUT2D eigenvalue weighted by Gasteiger charge is 2.54. The Morgan fingerprint density at radius 1 is 0.250 bits per heavy atom. The molecule has 5 heterocycles. The lowest BCUT2D eigenvalue weighted by atomic mass is 9.25. The number of ether oxygens (including phenoxy) is 1. The van der Waals surface area contributed by atoms with Gasteiger partial charge in [-0.2, -0.15) is 0 Å². The van der Waals surface area contributed by atoms with Gasteiger partial charge in [-0.15, -0.1) is 0 Å². The first-order valence-electron chi connectivity index (χ1n) is 33.7. The molecule has 0 aromatic heterocycles. The van der Waals surface area contributed by atoms with Gasteiger partial charge < -0.3 is 14.5 Å². The monoisotopic (exact) mass is 1150 g/mol. The third kappa shape index (κ3) is 8.76. The maximum absolute atomic E-state index is 7.47. The summed E-state index contributed by atoms with van der Waals surface area (Å²) in [4.78, 5) is 5.47. The van der Waals surface area contributed by atoms with E-state index in [9.17, 15) is 0 Å². The lowest BCUT2D eigenvalue weighted by molar-refractivity contribution is 0.487. The third-order valence-corrected chi connectivity index (χ3v) is 21.1. The van der Waals surface area contributed by atoms with Gasteiger partial charge in [-0.25, -0.2) is 0 Å². The Morgan fingerprint density at radius 2 is 0.545 bits per heavy atom. The van der Waals surface area contributed by atoms with Crippen molar-refractivity contribution < 1.29 is 4.74 Å². The van der Waals surface area contributed by atoms with E-state index in [-0.39, 0.29) is 26.9 Å². The predicted octanol–water partition coefficient (Wildman–Crippen LogP) is 14.2. The van der Waals surface area contributed by atoms with Gasteiger partial charge in [-0.05, 0) is 177 Å². The van der Waals surface area contributed by atoms with Crippen LogP contribution < -0.4 is 80.1 Å². The third-order valence-electron chi connectivity index (χ3n) is 21.1. The highest BCUT2D eigenvalue weighted by molar-refractivity contribution is 7.07. The number of nitrogens with zero attached hydrogens (tertiary/aromatic N) is 2. The van der Waals surface area contributed by atoms with Crippen LogP contribution in [0.1, 0.15) is 228 Å². The molecule has 0 unspecified atom stereocenters. The van der Waals surface area contributed by atoms with Crippen molar-refractivity contribution >= 4 is 127 Å². The average Bonchev–Trinajstić information content (AvgIpc) is 0.678. The van der Waals surface area contributed by atoms with Crippen LogP contribution in [0.4, 0.5) is 34.1 Å². The fraction of sp³-hybridized carbons (Fsp3) is 0.333. The zero-order valence-corrected chi connectivity index (χ0v) is 55.7. The molecular formula is C81H88B4N2O. The number of rotatable bonds is 12. The Morgan fingerprint density at radius 3 is 0.898 bits per heavy atom. The standard InChI is InChI=1S/C81H88B4N2O/c1-44(2)53-35-56(47(7)8)76(57(36-53)48(9)10)83-63-28-20-24-32-71(63)86-70-31-23-19-27-62(70)82-66-41-67-75(88-74-34-26-22-30-65(74)85(67)78-60(51(15)16)39-55(46(5)6)40-61(78)52(17)18)43-73(66)87-72-33-25-21-29-64(72)84(69-42-68(83)80(86)79(82)81(69)87)77-58(49(11)12)37-54(45(3)4)38-59(77)50(13)14/h19-52H,1-18H3. The molecule has 14 rings (SSSR count). The minimum absolute atomic E-state index is 0.0356. The topological polar surface area (TPSA) is 15.7 Å². The molecule has 5 aliphatic heterocycles. The van der Waals surface area contributed by atoms with Crippen LogP contribution in [0.15, 0.2) is 152 Å². The fourth-order valence-corrected chi connectivity index (χ4v) is 16.7. The van der Waals surface area contributed by atoms with Gasteiger partial charge in [0, 0.05) is 40.2 Å². The van der Waals surface area contributed by atoms with Crippen LogP contribution in [0.3, 0.4) is 0 Å². The van der Waals surface area contributed by atoms with E-state index in [1.807, 2.05) is 0 Å². The largest absolute Gasteiger partial charge is 0.458 e. The van der Waals surface area contributed by atoms with Gasteiger partial charge >= 0.3 is 0 Å². The summed E-state index contributed by atoms with van der Waals surface area (Å²) in [6, 6.07) is 60.9. The Labute approximate surface area is 529 Å². The molecule has 5 aliphatic rings. The average molecular weight is 1150 g/mol. The van der Waals surface area contributed by atoms with Gasteiger partial charge in [0.25, 0.3) is 13.4 Å². The molecule has 0 fully saturated rings. The molecule has 7 heteroatoms. The minimum atomic E-state index is -0.102. The molecule has 0 N–H and O–H groups in total. The second-order valence-electron chi connectivity index (χ2n) is 29.6. The van der Waals surface area contributed by atoms with Crippen LogP contribution in [0, 0.1) is 0 Å². The van der Waals surface area contributed by atoms with Crippen molar-refractivity contribution in [2.45, 2.75) is 178 Å². The Balaban J connectivity index is 1.17. The SMILES string of the molecule is CC(C)c1cc(C(C)C)c(B2c3ccccc3Oc3cc4c(cc32)B2c3ccccc3N3c5ccccc5B(c5c(C(C)C)cc(C(C)C)cc5C(C)C)c5cc6c(c2c53)N4c2ccccc2B6c2c(C(C)C)cc(C(C)C)cc2C(C)C)c(C(C)C)c1. The van der Waals surface area contributed by atoms with Crippen molar-refractivity contribution in [3.05, 3.63) is 202 Å². The van der Waals surface area contributed by atoms with E-state index in [1.165, 1.54) is 150 Å². The van der Waals surface area contributed by atoms with E-state index in [0.29, 0.717) is 53.3 Å². The van der Waals surface area contributed by atoms with E-state index in [1.54, 1.807) is 0 Å². The zero-order valence-electron chi connectivity index (χ0n) is 55.7. The van der Waals surface area contributed by atoms with Gasteiger partial charge in [0.15, 0.2) is 0 Å². The van der Waals surface area contributed by atoms with Crippen molar-refractivity contribution in [3.8, 4) is 11.5 Å². The Bertz CT molecular complexity index is 4230. The molecular weight excluding hydrogens is 1060 g/mol. The summed E-state index contributed by atoms with van der Waals surface area (Å²) in [5.74, 6) is 4.94. The first-order valence-corrected chi connectivity index (χ1v) is 33.7. The number of hydrogen-bond acceptors (Lipinski definition) is 3. The van der Waals surface area contributed by atoms with Crippen LogP contribution in [-0.4, -0.2) is 26.9 Å². The minimum Gasteiger partial charge on any atom is -0.458 e. The fourth-order valence-electron chi connectivity index (χ4n) is 16.7. The molecule has 0 aliphatic carbocycles. The maximum atomic E-state index is 7.47. The molecule has 0 saturated carbocycles. The van der Waals surface area contributed by atoms with Crippen LogP contribution in [0.25, 0.3) is 0 Å². The van der Waals surface area contributed by atoms with Gasteiger partial charge in [0.1, 0.15) is 11.5 Å². The lowest BCUT2D eigenvalue weighted by Crippen LogP contribution is -2.72. The molecule has 3 nitrogen and oxygen atoms in total. The molecule has 9 aromatic carbocycles. The summed E-state index contributed by atoms with van der Waals surface area (Å²) < 4.78 is 7.47. The summed E-state index contributed by atoms with van der Waals surface area (Å²) in [5.41, 5.74) is 37.3. The molecule has 0 atom stereocenters. The van der Waals surface area contributed by atoms with Gasteiger partial charge in [0.05, 0.1) is 0 Å². The Hall–Kier alpha value is -7.36. The van der Waals surface area contributed by atoms with Crippen LogP contribution in [-0.2, 0) is 0 Å². The van der Waals surface area contributed by atoms with Crippen molar-refractivity contribution in [2.24, 2.45) is 0 Å². The Kier molecular flexibility index (Phi) is 14.4. The molecule has 0 spiro atoms. The van der Waals surface area contributed by atoms with Gasteiger partial charge in [0.2, 0.25) is 13.4 Å². The van der Waals surface area contributed by atoms with Gasteiger partial charge in [-0.1, -0.05) is 262 Å². The molecule has 0 saturated heterocycles. The van der Waals surface area contributed by atoms with Crippen molar-refractivity contribution in [3.63, 3.8) is 0 Å². The molecule has 9 aromatic rings. The van der Waals surface area contributed by atoms with E-state index >= 15 is 0 Å². The highest BCUT2D eigenvalue weighted by Crippen LogP contribution is 2.47. The molecule has 440 valence electrons. The summed E-state index contributed by atoms with van der Waals surface area (Å²) in [5, 5.41) is 0. The number of hydrogen-bond donors (Lipinski definition) is 0. The van der Waals surface area contributed by atoms with Crippen LogP contribution in [0.5, 0.6) is 11.5 Å². The molecule has 88 heavy (non-hydrogen) atoms. The number of benzene rings is 9. The number of para-hydroxylation sites is 4. The molecule has 0 radical (unpaired) electrons. The summed E-state index contributed by atoms with van der Waals surface area (Å²) in [6.07, 6.45) is 0. The first kappa shape index (κ1) is 58.3. The number of anilines is 6. The second-order valence-corrected chi connectivity index (χ2v) is 29.6. The van der Waals surface area contributed by atoms with Crippen LogP contribution in [0.2, 0.25) is 0 Å². The summed E-state index contributed by atoms with van der Waals surface area (Å²) in [7, 11) is 0. The quantitative estimate of drug-likeness (QED) is 0.113. The number of fused-ring (bicyclic) bond motifs is 12. The lowest BCUT2D eigenvalue weighted by Gasteiger charge is -2.51. The van der Waals surface area contributed by atoms with Crippen molar-refractivity contribution in [1.82, 2.24) is 0 Å². The zero-order chi connectivity index (χ0) is 61.8. The molecule has 0 amide bonds. The van der Waals surface area contributed by atoms with Crippen LogP contribution >= 0.6 is 0 Å². The summed E-state index contributed by atoms with van der Waals surface area (Å²) >= 11 is 0. The molecule has 0 bridgehead atoms. The second kappa shape index (κ2) is 21.7. The van der Waals surface area contributed by atoms with E-state index in [2.05, 4.69) is 286 Å². The predicted molar refractivity (Wildman–Crippen MR) is 387 cm³/mol. The normalized spacial score (nSPS) is 14.2. The van der Waals surface area contributed by atoms with Crippen molar-refractivity contribution in [2.75, 3.05) is 9.80 Å². The van der Waals surface area contributed by atoms with E-state index in [4.69, 9.17) is 4.74 Å². The van der Waals surface area contributed by atoms with Gasteiger partial charge in [-0.3, -0.25) is 0 Å². The van der Waals surface area contributed by atoms with E-state index < -0.39 is 0 Å². The van der Waals surface area contributed by atoms with Crippen molar-refractivity contribution in [1.29, 1.82) is 0 Å². The highest BCUT2D eigenvalue weighted by atomic mass is 16.5. The summed E-state index contributed by atoms with van der Waals surface area (Å²) in [6.45, 7) is 43.1. The first-order chi connectivity index (χ1) is 42.2. The van der Waals surface area contributed by atoms with E-state index in [0.717, 1.165) is 11.5 Å².